The van der Waals surface area contributed by atoms with Crippen LogP contribution in [0.25, 0.3) is 0 Å². The summed E-state index contributed by atoms with van der Waals surface area (Å²) < 4.78 is 29.2. The minimum Gasteiger partial charge on any atom is -0.152 e. The number of rotatable bonds is 0. The van der Waals surface area contributed by atoms with Gasteiger partial charge in [-0.3, -0.25) is 0 Å². The monoisotopic (exact) mass is 292 g/mol. The van der Waals surface area contributed by atoms with Gasteiger partial charge in [0.15, 0.2) is 0 Å². The van der Waals surface area contributed by atoms with Crippen molar-refractivity contribution < 1.29 is 32.1 Å². The van der Waals surface area contributed by atoms with E-state index >= 15 is 0 Å². The number of halogens is 5. The molecule has 0 aromatic heterocycles. The zero-order valence-corrected chi connectivity index (χ0v) is 8.33. The van der Waals surface area contributed by atoms with E-state index in [2.05, 4.69) is 0 Å². The van der Waals surface area contributed by atoms with Gasteiger partial charge in [0.25, 0.3) is 0 Å². The summed E-state index contributed by atoms with van der Waals surface area (Å²) in [5, 5.41) is 0. The maximum absolute atomic E-state index is 9.73. The predicted octanol–water partition coefficient (Wildman–Crippen LogP) is 4.09. The van der Waals surface area contributed by atoms with Gasteiger partial charge in [-0.25, -0.2) is 0 Å². The molecule has 52 valence electrons. The molecule has 0 atom stereocenters. The second-order valence-electron chi connectivity index (χ2n) is 0.263. The van der Waals surface area contributed by atoms with Crippen molar-refractivity contribution in [3.8, 4) is 0 Å². The van der Waals surface area contributed by atoms with Gasteiger partial charge < -0.3 is 0 Å². The molecular weight excluding hydrogens is 291 g/mol. The van der Waals surface area contributed by atoms with Crippen molar-refractivity contribution in [1.29, 1.82) is 0 Å². The van der Waals surface area contributed by atoms with E-state index in [1.807, 2.05) is 0 Å². The summed E-state index contributed by atoms with van der Waals surface area (Å²) in [6.07, 6.45) is 0. The first-order valence-electron chi connectivity index (χ1n) is 0.885. The molecule has 8 heteroatoms. The molecule has 0 bridgehead atoms. The topological polar surface area (TPSA) is 0 Å². The van der Waals surface area contributed by atoms with Gasteiger partial charge in [-0.1, -0.05) is 22.5 Å². The van der Waals surface area contributed by atoms with Crippen LogP contribution in [-0.2, 0) is 19.5 Å². The van der Waals surface area contributed by atoms with Crippen molar-refractivity contribution in [3.05, 3.63) is 0 Å². The smallest absolute Gasteiger partial charge is 0.152 e. The largest absolute Gasteiger partial charge is 2.00 e. The normalized spacial score (nSPS) is 6.75. The molecule has 0 aliphatic heterocycles. The van der Waals surface area contributed by atoms with Crippen LogP contribution in [0.1, 0.15) is 0 Å². The third-order valence-electron chi connectivity index (χ3n) is 0. The zero-order valence-electron chi connectivity index (χ0n) is 3.19. The van der Waals surface area contributed by atoms with Crippen LogP contribution in [0.4, 0.5) is 12.6 Å². The SMILES string of the molecule is ClPCl.FP(F)F.[Ru+2]. The van der Waals surface area contributed by atoms with Crippen LogP contribution in [0.2, 0.25) is 0 Å². The van der Waals surface area contributed by atoms with Crippen LogP contribution >= 0.6 is 38.6 Å². The van der Waals surface area contributed by atoms with E-state index in [9.17, 15) is 12.6 Å². The van der Waals surface area contributed by atoms with Gasteiger partial charge in [-0.2, -0.15) is 12.6 Å². The number of hydrogen-bond acceptors (Lipinski definition) is 0. The summed E-state index contributed by atoms with van der Waals surface area (Å²) in [4.78, 5) is 0. The quantitative estimate of drug-likeness (QED) is 0.466. The molecule has 8 heavy (non-hydrogen) atoms. The van der Waals surface area contributed by atoms with Gasteiger partial charge in [-0.15, -0.1) is 0 Å². The van der Waals surface area contributed by atoms with Gasteiger partial charge >= 0.3 is 28.3 Å². The summed E-state index contributed by atoms with van der Waals surface area (Å²) >= 11 is 9.58. The van der Waals surface area contributed by atoms with Crippen LogP contribution in [0, 0.1) is 0 Å². The fraction of sp³-hybridized carbons (Fsp3) is 0. The Morgan fingerprint density at radius 1 is 1.12 bits per heavy atom. The summed E-state index contributed by atoms with van der Waals surface area (Å²) in [5.41, 5.74) is 0. The predicted molar refractivity (Wildman–Crippen MR) is 30.3 cm³/mol. The van der Waals surface area contributed by atoms with E-state index in [0.717, 1.165) is 0 Å². The van der Waals surface area contributed by atoms with E-state index < -0.39 is 8.85 Å². The molecule has 0 saturated carbocycles. The van der Waals surface area contributed by atoms with Gasteiger partial charge in [0.05, 0.1) is 7.29 Å². The second-order valence-corrected chi connectivity index (χ2v) is 2.50. The zero-order chi connectivity index (χ0) is 6.28. The molecule has 0 N–H and O–H groups in total. The van der Waals surface area contributed by atoms with E-state index in [1.54, 1.807) is 0 Å². The molecular formula is HCl2F3P2Ru+2. The van der Waals surface area contributed by atoms with Crippen molar-refractivity contribution in [2.24, 2.45) is 0 Å². The molecule has 0 nitrogen and oxygen atoms in total. The summed E-state index contributed by atoms with van der Waals surface area (Å²) in [5.74, 6) is 0. The van der Waals surface area contributed by atoms with E-state index in [-0.39, 0.29) is 26.8 Å². The summed E-state index contributed by atoms with van der Waals surface area (Å²) in [7, 11) is -4.09. The molecule has 0 aromatic carbocycles. The Hall–Kier alpha value is 1.85. The molecule has 0 fully saturated rings. The molecule has 0 rings (SSSR count). The fourth-order valence-electron chi connectivity index (χ4n) is 0. The Labute approximate surface area is 70.7 Å². The van der Waals surface area contributed by atoms with Crippen molar-refractivity contribution in [2.45, 2.75) is 0 Å². The summed E-state index contributed by atoms with van der Waals surface area (Å²) in [6.45, 7) is 0. The standard InChI is InChI=1S/Cl2HP.F3P.Ru/c1-3-2;1-4(2)3;/h3H;;/q;;+2. The average molecular weight is 292 g/mol. The summed E-state index contributed by atoms with van der Waals surface area (Å²) in [6, 6.07) is 0. The average Bonchev–Trinajstić information content (AvgIpc) is 1.33. The van der Waals surface area contributed by atoms with Crippen LogP contribution in [0.5, 0.6) is 0 Å². The Balaban J connectivity index is -0.0000000575. The van der Waals surface area contributed by atoms with Crippen molar-refractivity contribution in [1.82, 2.24) is 0 Å². The van der Waals surface area contributed by atoms with Gasteiger partial charge in [0, 0.05) is 0 Å². The molecule has 0 unspecified atom stereocenters. The Kier molecular flexibility index (Phi) is 32.8. The van der Waals surface area contributed by atoms with Crippen LogP contribution < -0.4 is 0 Å². The van der Waals surface area contributed by atoms with E-state index in [1.165, 1.54) is 0 Å². The maximum Gasteiger partial charge on any atom is 2.00 e. The first-order valence-corrected chi connectivity index (χ1v) is 4.92. The molecule has 0 aromatic rings. The first-order chi connectivity index (χ1) is 3.15. The van der Waals surface area contributed by atoms with Crippen molar-refractivity contribution in [3.63, 3.8) is 0 Å². The minimum absolute atomic E-state index is 0. The molecule has 0 aliphatic rings. The molecule has 0 saturated heterocycles. The van der Waals surface area contributed by atoms with Gasteiger partial charge in [0.2, 0.25) is 0 Å². The Bertz CT molecular complexity index is 26.5. The maximum atomic E-state index is 9.73. The first kappa shape index (κ1) is 16.4. The van der Waals surface area contributed by atoms with Crippen LogP contribution in [0.3, 0.4) is 0 Å². The molecule has 0 radical (unpaired) electrons. The van der Waals surface area contributed by atoms with E-state index in [0.29, 0.717) is 0 Å². The molecule has 0 aliphatic carbocycles. The molecule has 0 heterocycles. The van der Waals surface area contributed by atoms with Crippen LogP contribution in [0.15, 0.2) is 0 Å². The fourth-order valence-corrected chi connectivity index (χ4v) is 0. The van der Waals surface area contributed by atoms with Crippen molar-refractivity contribution in [2.75, 3.05) is 0 Å². The van der Waals surface area contributed by atoms with Crippen LogP contribution in [-0.4, -0.2) is 0 Å². The second kappa shape index (κ2) is 15.9. The van der Waals surface area contributed by atoms with Crippen molar-refractivity contribution >= 4 is 38.6 Å². The Morgan fingerprint density at radius 3 is 1.12 bits per heavy atom. The van der Waals surface area contributed by atoms with Gasteiger partial charge in [0.1, 0.15) is 0 Å². The minimum atomic E-state index is -4.12. The number of hydrogen-bond donors (Lipinski definition) is 0. The Morgan fingerprint density at radius 2 is 1.12 bits per heavy atom. The third-order valence-corrected chi connectivity index (χ3v) is 0. The molecule has 0 amide bonds. The van der Waals surface area contributed by atoms with Gasteiger partial charge in [-0.05, 0) is 0 Å². The van der Waals surface area contributed by atoms with E-state index in [4.69, 9.17) is 22.5 Å². The molecule has 0 spiro atoms. The third kappa shape index (κ3) is 107.